The van der Waals surface area contributed by atoms with E-state index in [9.17, 15) is 9.59 Å². The molecule has 134 valence electrons. The summed E-state index contributed by atoms with van der Waals surface area (Å²) in [5.41, 5.74) is 6.03. The summed E-state index contributed by atoms with van der Waals surface area (Å²) < 4.78 is 18.7. The molecule has 0 unspecified atom stereocenters. The highest BCUT2D eigenvalue weighted by atomic mass is 32.1. The molecule has 1 fully saturated rings. The Kier molecular flexibility index (Phi) is 4.73. The van der Waals surface area contributed by atoms with Gasteiger partial charge in [-0.2, -0.15) is 4.98 Å². The zero-order valence-electron chi connectivity index (χ0n) is 13.8. The highest BCUT2D eigenvalue weighted by Crippen LogP contribution is 2.34. The second-order valence-electron chi connectivity index (χ2n) is 5.70. The number of ether oxygens (including phenoxy) is 3. The minimum Gasteiger partial charge on any atom is -0.491 e. The van der Waals surface area contributed by atoms with Crippen molar-refractivity contribution in [1.29, 1.82) is 0 Å². The standard InChI is InChI=1S/C15H18N4O5S/c1-7(2)23-10-4-9(6-22-8(3)20)24-13(10)19-12-11(25-15(19)21)5-17-14(16)18-12/h5,9-10,13H,1,4,6H2,2-3H3,(H2,16,17,18)/t9-,10+,13+/m0/s1. The lowest BCUT2D eigenvalue weighted by Crippen LogP contribution is -2.28. The maximum absolute atomic E-state index is 12.5. The molecule has 3 heterocycles. The Balaban J connectivity index is 1.96. The Hall–Kier alpha value is -2.46. The van der Waals surface area contributed by atoms with Gasteiger partial charge in [-0.1, -0.05) is 17.9 Å². The molecule has 2 N–H and O–H groups in total. The van der Waals surface area contributed by atoms with E-state index in [-0.39, 0.29) is 17.4 Å². The molecule has 2 aromatic heterocycles. The van der Waals surface area contributed by atoms with Crippen molar-refractivity contribution in [3.8, 4) is 0 Å². The van der Waals surface area contributed by atoms with Crippen molar-refractivity contribution in [1.82, 2.24) is 14.5 Å². The molecule has 1 aliphatic rings. The molecule has 0 spiro atoms. The van der Waals surface area contributed by atoms with Crippen molar-refractivity contribution in [2.24, 2.45) is 0 Å². The molecule has 0 aromatic carbocycles. The summed E-state index contributed by atoms with van der Waals surface area (Å²) in [5, 5.41) is 0. The maximum atomic E-state index is 12.5. The van der Waals surface area contributed by atoms with Crippen LogP contribution in [0.1, 0.15) is 26.5 Å². The number of fused-ring (bicyclic) bond motifs is 1. The molecule has 0 radical (unpaired) electrons. The summed E-state index contributed by atoms with van der Waals surface area (Å²) in [7, 11) is 0. The Morgan fingerprint density at radius 2 is 2.32 bits per heavy atom. The molecule has 0 aliphatic carbocycles. The molecule has 3 rings (SSSR count). The number of anilines is 1. The summed E-state index contributed by atoms with van der Waals surface area (Å²) in [6, 6.07) is 0. The maximum Gasteiger partial charge on any atom is 0.311 e. The topological polar surface area (TPSA) is 119 Å². The van der Waals surface area contributed by atoms with E-state index in [1.54, 1.807) is 6.92 Å². The van der Waals surface area contributed by atoms with E-state index >= 15 is 0 Å². The summed E-state index contributed by atoms with van der Waals surface area (Å²) in [6.45, 7) is 6.86. The zero-order valence-corrected chi connectivity index (χ0v) is 14.6. The number of nitrogen functional groups attached to an aromatic ring is 1. The number of hydrogen-bond acceptors (Lipinski definition) is 9. The van der Waals surface area contributed by atoms with Crippen LogP contribution in [0, 0.1) is 0 Å². The van der Waals surface area contributed by atoms with Gasteiger partial charge in [0.2, 0.25) is 5.95 Å². The van der Waals surface area contributed by atoms with E-state index < -0.39 is 24.4 Å². The molecular formula is C15H18N4O5S. The van der Waals surface area contributed by atoms with Crippen LogP contribution >= 0.6 is 11.3 Å². The molecule has 1 aliphatic heterocycles. The molecule has 3 atom stereocenters. The first kappa shape index (κ1) is 17.4. The number of hydrogen-bond donors (Lipinski definition) is 1. The highest BCUT2D eigenvalue weighted by molar-refractivity contribution is 7.16. The van der Waals surface area contributed by atoms with Crippen LogP contribution in [0.3, 0.4) is 0 Å². The normalized spacial score (nSPS) is 22.9. The molecule has 0 saturated carbocycles. The number of rotatable bonds is 5. The average Bonchev–Trinajstić information content (AvgIpc) is 3.04. The summed E-state index contributed by atoms with van der Waals surface area (Å²) in [6.07, 6.45) is 0.340. The fraction of sp³-hybridized carbons (Fsp3) is 0.467. The predicted octanol–water partition coefficient (Wildman–Crippen LogP) is 1.20. The van der Waals surface area contributed by atoms with E-state index in [0.717, 1.165) is 11.3 Å². The van der Waals surface area contributed by atoms with Gasteiger partial charge < -0.3 is 19.9 Å². The fourth-order valence-corrected chi connectivity index (χ4v) is 3.52. The lowest BCUT2D eigenvalue weighted by molar-refractivity contribution is -0.146. The second kappa shape index (κ2) is 6.81. The minimum absolute atomic E-state index is 0.0610. The number of allylic oxidation sites excluding steroid dienone is 1. The van der Waals surface area contributed by atoms with Crippen molar-refractivity contribution < 1.29 is 19.0 Å². The predicted molar refractivity (Wildman–Crippen MR) is 90.9 cm³/mol. The molecular weight excluding hydrogens is 348 g/mol. The van der Waals surface area contributed by atoms with Crippen LogP contribution in [0.15, 0.2) is 23.3 Å². The Bertz CT molecular complexity index is 876. The largest absolute Gasteiger partial charge is 0.491 e. The van der Waals surface area contributed by atoms with Gasteiger partial charge in [0.25, 0.3) is 0 Å². The first-order valence-corrected chi connectivity index (χ1v) is 8.41. The van der Waals surface area contributed by atoms with Gasteiger partial charge in [0.05, 0.1) is 22.8 Å². The van der Waals surface area contributed by atoms with Crippen molar-refractivity contribution in [2.75, 3.05) is 12.3 Å². The number of esters is 1. The van der Waals surface area contributed by atoms with Gasteiger partial charge in [0.1, 0.15) is 12.7 Å². The molecule has 9 nitrogen and oxygen atoms in total. The average molecular weight is 366 g/mol. The smallest absolute Gasteiger partial charge is 0.311 e. The summed E-state index contributed by atoms with van der Waals surface area (Å²) in [4.78, 5) is 31.3. The first-order valence-electron chi connectivity index (χ1n) is 7.59. The minimum atomic E-state index is -0.729. The van der Waals surface area contributed by atoms with Crippen LogP contribution in [0.2, 0.25) is 0 Å². The van der Waals surface area contributed by atoms with Gasteiger partial charge in [-0.3, -0.25) is 14.2 Å². The van der Waals surface area contributed by atoms with E-state index in [1.807, 2.05) is 0 Å². The van der Waals surface area contributed by atoms with Crippen LogP contribution in [0.25, 0.3) is 10.3 Å². The monoisotopic (exact) mass is 366 g/mol. The first-order chi connectivity index (χ1) is 11.8. The van der Waals surface area contributed by atoms with E-state index in [2.05, 4.69) is 16.5 Å². The van der Waals surface area contributed by atoms with Gasteiger partial charge in [0, 0.05) is 13.3 Å². The number of aromatic nitrogens is 3. The Morgan fingerprint density at radius 1 is 1.56 bits per heavy atom. The molecule has 0 amide bonds. The van der Waals surface area contributed by atoms with Gasteiger partial charge in [-0.25, -0.2) is 4.98 Å². The highest BCUT2D eigenvalue weighted by Gasteiger charge is 2.40. The summed E-state index contributed by atoms with van der Waals surface area (Å²) in [5.74, 6) is 0.155. The van der Waals surface area contributed by atoms with Crippen LogP contribution in [0.4, 0.5) is 5.95 Å². The SMILES string of the molecule is C=C(C)O[C@@H]1C[C@@H](COC(C)=O)O[C@H]1n1c(=O)sc2cnc(N)nc21. The van der Waals surface area contributed by atoms with Gasteiger partial charge in [-0.05, 0) is 6.92 Å². The van der Waals surface area contributed by atoms with Gasteiger partial charge >= 0.3 is 10.8 Å². The molecule has 2 aromatic rings. The van der Waals surface area contributed by atoms with E-state index in [0.29, 0.717) is 22.5 Å². The van der Waals surface area contributed by atoms with Crippen molar-refractivity contribution in [2.45, 2.75) is 38.7 Å². The number of thiazole rings is 1. The lowest BCUT2D eigenvalue weighted by atomic mass is 10.2. The number of nitrogens with zero attached hydrogens (tertiary/aromatic N) is 3. The van der Waals surface area contributed by atoms with Crippen LogP contribution in [-0.2, 0) is 19.0 Å². The van der Waals surface area contributed by atoms with Gasteiger partial charge in [0.15, 0.2) is 11.9 Å². The van der Waals surface area contributed by atoms with Crippen LogP contribution in [-0.4, -0.2) is 39.3 Å². The third-order valence-corrected chi connectivity index (χ3v) is 4.48. The van der Waals surface area contributed by atoms with Gasteiger partial charge in [-0.15, -0.1) is 0 Å². The number of nitrogens with two attached hydrogens (primary N) is 1. The Labute approximate surface area is 147 Å². The van der Waals surface area contributed by atoms with Crippen molar-refractivity contribution in [3.05, 3.63) is 28.2 Å². The zero-order chi connectivity index (χ0) is 18.1. The van der Waals surface area contributed by atoms with Crippen molar-refractivity contribution in [3.63, 3.8) is 0 Å². The summed E-state index contributed by atoms with van der Waals surface area (Å²) >= 11 is 0.998. The van der Waals surface area contributed by atoms with Crippen LogP contribution < -0.4 is 10.6 Å². The molecule has 25 heavy (non-hydrogen) atoms. The second-order valence-corrected chi connectivity index (χ2v) is 6.69. The lowest BCUT2D eigenvalue weighted by Gasteiger charge is -2.21. The van der Waals surface area contributed by atoms with Crippen molar-refractivity contribution >= 4 is 33.6 Å². The van der Waals surface area contributed by atoms with E-state index in [4.69, 9.17) is 19.9 Å². The molecule has 1 saturated heterocycles. The third-order valence-electron chi connectivity index (χ3n) is 3.60. The molecule has 0 bridgehead atoms. The third kappa shape index (κ3) is 3.64. The number of carbonyl (C=O) groups is 1. The van der Waals surface area contributed by atoms with Crippen LogP contribution in [0.5, 0.6) is 0 Å². The Morgan fingerprint density at radius 3 is 3.00 bits per heavy atom. The van der Waals surface area contributed by atoms with E-state index in [1.165, 1.54) is 17.7 Å². The fourth-order valence-electron chi connectivity index (χ4n) is 2.70. The quantitative estimate of drug-likeness (QED) is 0.619. The molecule has 10 heteroatoms. The number of carbonyl (C=O) groups excluding carboxylic acids is 1.